The maximum Gasteiger partial charge on any atom is 0.320 e. The maximum atomic E-state index is 12.1. The van der Waals surface area contributed by atoms with Crippen LogP contribution in [0.5, 0.6) is 0 Å². The van der Waals surface area contributed by atoms with Crippen molar-refractivity contribution >= 4 is 11.8 Å². The Hall–Kier alpha value is -1.36. The number of hydrogen-bond acceptors (Lipinski definition) is 5. The van der Waals surface area contributed by atoms with Crippen LogP contribution in [0.1, 0.15) is 33.6 Å². The third kappa shape index (κ3) is 2.73. The molecule has 5 nitrogen and oxygen atoms in total. The van der Waals surface area contributed by atoms with Crippen molar-refractivity contribution in [2.24, 2.45) is 17.3 Å². The zero-order valence-electron chi connectivity index (χ0n) is 12.2. The van der Waals surface area contributed by atoms with Gasteiger partial charge in [-0.25, -0.2) is 0 Å². The van der Waals surface area contributed by atoms with E-state index in [4.69, 9.17) is 9.47 Å². The molecule has 1 aliphatic carbocycles. The zero-order valence-corrected chi connectivity index (χ0v) is 12.2. The summed E-state index contributed by atoms with van der Waals surface area (Å²) in [6.07, 6.45) is 1.52. The van der Waals surface area contributed by atoms with Crippen molar-refractivity contribution in [2.75, 3.05) is 13.2 Å². The highest BCUT2D eigenvalue weighted by Crippen LogP contribution is 2.47. The SMILES string of the molecule is CC(C)COC[C@@H]1C[C@]2(C[C@H](C)C(=O)C=C2O)C(=O)O1. The van der Waals surface area contributed by atoms with E-state index < -0.39 is 11.4 Å². The quantitative estimate of drug-likeness (QED) is 0.798. The van der Waals surface area contributed by atoms with E-state index >= 15 is 0 Å². The number of carbonyl (C=O) groups is 2. The maximum absolute atomic E-state index is 12.1. The molecule has 3 atom stereocenters. The fourth-order valence-electron chi connectivity index (χ4n) is 2.82. The monoisotopic (exact) mass is 282 g/mol. The molecule has 0 aromatic heterocycles. The molecular formula is C15H22O5. The van der Waals surface area contributed by atoms with E-state index in [0.29, 0.717) is 32.0 Å². The lowest BCUT2D eigenvalue weighted by atomic mass is 9.71. The lowest BCUT2D eigenvalue weighted by Crippen LogP contribution is -2.37. The van der Waals surface area contributed by atoms with Crippen LogP contribution in [0.3, 0.4) is 0 Å². The molecule has 1 spiro atoms. The van der Waals surface area contributed by atoms with Crippen molar-refractivity contribution in [3.8, 4) is 0 Å². The summed E-state index contributed by atoms with van der Waals surface area (Å²) in [5.74, 6) is -0.586. The van der Waals surface area contributed by atoms with Gasteiger partial charge in [0.15, 0.2) is 5.78 Å². The third-order valence-corrected chi connectivity index (χ3v) is 3.91. The van der Waals surface area contributed by atoms with Gasteiger partial charge in [0.2, 0.25) is 0 Å². The van der Waals surface area contributed by atoms with Crippen LogP contribution in [0.4, 0.5) is 0 Å². The Morgan fingerprint density at radius 1 is 1.45 bits per heavy atom. The van der Waals surface area contributed by atoms with Crippen molar-refractivity contribution in [2.45, 2.75) is 39.7 Å². The Kier molecular flexibility index (Phi) is 4.18. The minimum absolute atomic E-state index is 0.138. The van der Waals surface area contributed by atoms with Gasteiger partial charge in [0.05, 0.1) is 6.61 Å². The highest BCUT2D eigenvalue weighted by atomic mass is 16.6. The Bertz CT molecular complexity index is 440. The van der Waals surface area contributed by atoms with Crippen LogP contribution in [0.15, 0.2) is 11.8 Å². The number of hydrogen-bond donors (Lipinski definition) is 1. The second-order valence-corrected chi connectivity index (χ2v) is 6.28. The molecule has 2 aliphatic rings. The van der Waals surface area contributed by atoms with E-state index in [1.54, 1.807) is 6.92 Å². The number of aliphatic hydroxyl groups is 1. The normalized spacial score (nSPS) is 33.7. The van der Waals surface area contributed by atoms with E-state index in [1.807, 2.05) is 13.8 Å². The highest BCUT2D eigenvalue weighted by molar-refractivity contribution is 5.96. The molecule has 0 amide bonds. The Labute approximate surface area is 118 Å². The number of aliphatic hydroxyl groups excluding tert-OH is 1. The third-order valence-electron chi connectivity index (χ3n) is 3.91. The molecule has 20 heavy (non-hydrogen) atoms. The molecule has 0 saturated carbocycles. The molecule has 1 fully saturated rings. The molecule has 1 N–H and O–H groups in total. The molecule has 5 heteroatoms. The van der Waals surface area contributed by atoms with Crippen molar-refractivity contribution in [1.29, 1.82) is 0 Å². The summed E-state index contributed by atoms with van der Waals surface area (Å²) in [4.78, 5) is 23.7. The van der Waals surface area contributed by atoms with Gasteiger partial charge in [0.25, 0.3) is 0 Å². The number of carbonyl (C=O) groups excluding carboxylic acids is 2. The van der Waals surface area contributed by atoms with Gasteiger partial charge in [-0.05, 0) is 12.3 Å². The summed E-state index contributed by atoms with van der Waals surface area (Å²) >= 11 is 0. The number of rotatable bonds is 4. The van der Waals surface area contributed by atoms with E-state index in [9.17, 15) is 14.7 Å². The van der Waals surface area contributed by atoms with Crippen LogP contribution in [-0.2, 0) is 19.1 Å². The smallest absolute Gasteiger partial charge is 0.320 e. The molecule has 1 saturated heterocycles. The van der Waals surface area contributed by atoms with Gasteiger partial charge in [-0.1, -0.05) is 20.8 Å². The molecule has 0 radical (unpaired) electrons. The van der Waals surface area contributed by atoms with Crippen molar-refractivity contribution in [3.63, 3.8) is 0 Å². The first kappa shape index (κ1) is 15.0. The van der Waals surface area contributed by atoms with Gasteiger partial charge in [0, 0.05) is 25.0 Å². The summed E-state index contributed by atoms with van der Waals surface area (Å²) in [7, 11) is 0. The second kappa shape index (κ2) is 5.56. The van der Waals surface area contributed by atoms with Crippen molar-refractivity contribution in [1.82, 2.24) is 0 Å². The van der Waals surface area contributed by atoms with Crippen LogP contribution >= 0.6 is 0 Å². The summed E-state index contributed by atoms with van der Waals surface area (Å²) in [5.41, 5.74) is -1.04. The topological polar surface area (TPSA) is 72.8 Å². The predicted octanol–water partition coefficient (Wildman–Crippen LogP) is 2.01. The number of ether oxygens (including phenoxy) is 2. The van der Waals surface area contributed by atoms with Gasteiger partial charge < -0.3 is 14.6 Å². The molecule has 0 unspecified atom stereocenters. The minimum atomic E-state index is -1.04. The predicted molar refractivity (Wildman–Crippen MR) is 72.1 cm³/mol. The molecule has 0 bridgehead atoms. The fourth-order valence-corrected chi connectivity index (χ4v) is 2.82. The first-order valence-electron chi connectivity index (χ1n) is 7.09. The lowest BCUT2D eigenvalue weighted by Gasteiger charge is -2.30. The fraction of sp³-hybridized carbons (Fsp3) is 0.733. The summed E-state index contributed by atoms with van der Waals surface area (Å²) in [6, 6.07) is 0. The molecular weight excluding hydrogens is 260 g/mol. The number of ketones is 1. The average molecular weight is 282 g/mol. The summed E-state index contributed by atoms with van der Waals surface area (Å²) in [5, 5.41) is 10.0. The zero-order chi connectivity index (χ0) is 14.9. The van der Waals surface area contributed by atoms with Crippen LogP contribution < -0.4 is 0 Å². The van der Waals surface area contributed by atoms with Crippen LogP contribution in [0, 0.1) is 17.3 Å². The molecule has 112 valence electrons. The van der Waals surface area contributed by atoms with E-state index in [-0.39, 0.29) is 23.6 Å². The molecule has 0 aromatic rings. The van der Waals surface area contributed by atoms with Gasteiger partial charge in [0.1, 0.15) is 17.3 Å². The Morgan fingerprint density at radius 2 is 2.15 bits per heavy atom. The van der Waals surface area contributed by atoms with Gasteiger partial charge in [-0.3, -0.25) is 9.59 Å². The number of esters is 1. The van der Waals surface area contributed by atoms with Crippen molar-refractivity contribution < 1.29 is 24.2 Å². The number of allylic oxidation sites excluding steroid dienone is 1. The Balaban J connectivity index is 2.05. The van der Waals surface area contributed by atoms with E-state index in [2.05, 4.69) is 0 Å². The molecule has 1 heterocycles. The highest BCUT2D eigenvalue weighted by Gasteiger charge is 2.55. The van der Waals surface area contributed by atoms with Gasteiger partial charge in [-0.2, -0.15) is 0 Å². The summed E-state index contributed by atoms with van der Waals surface area (Å²) in [6.45, 7) is 6.80. The van der Waals surface area contributed by atoms with Crippen LogP contribution in [0.2, 0.25) is 0 Å². The Morgan fingerprint density at radius 3 is 2.80 bits per heavy atom. The van der Waals surface area contributed by atoms with E-state index in [1.165, 1.54) is 6.08 Å². The van der Waals surface area contributed by atoms with Gasteiger partial charge in [-0.15, -0.1) is 0 Å². The molecule has 1 aliphatic heterocycles. The standard InChI is InChI=1S/C15H22O5/c1-9(2)7-19-8-11-6-15(14(18)20-11)5-10(3)12(16)4-13(15)17/h4,9-11,17H,5-8H2,1-3H3/t10-,11-,15-/m0/s1. The molecule has 0 aromatic carbocycles. The second-order valence-electron chi connectivity index (χ2n) is 6.28. The first-order valence-corrected chi connectivity index (χ1v) is 7.09. The van der Waals surface area contributed by atoms with Crippen molar-refractivity contribution in [3.05, 3.63) is 11.8 Å². The average Bonchev–Trinajstić information content (AvgIpc) is 2.64. The van der Waals surface area contributed by atoms with Crippen LogP contribution in [-0.4, -0.2) is 36.2 Å². The lowest BCUT2D eigenvalue weighted by molar-refractivity contribution is -0.151. The van der Waals surface area contributed by atoms with Crippen LogP contribution in [0.25, 0.3) is 0 Å². The van der Waals surface area contributed by atoms with E-state index in [0.717, 1.165) is 0 Å². The first-order chi connectivity index (χ1) is 9.35. The largest absolute Gasteiger partial charge is 0.511 e. The van der Waals surface area contributed by atoms with Gasteiger partial charge >= 0.3 is 5.97 Å². The summed E-state index contributed by atoms with van der Waals surface area (Å²) < 4.78 is 10.8. The molecule has 2 rings (SSSR count). The minimum Gasteiger partial charge on any atom is -0.511 e. The number of cyclic esters (lactones) is 1.